The van der Waals surface area contributed by atoms with Crippen LogP contribution in [0.25, 0.3) is 0 Å². The van der Waals surface area contributed by atoms with E-state index in [0.29, 0.717) is 12.5 Å². The molecule has 0 fully saturated rings. The van der Waals surface area contributed by atoms with E-state index in [1.807, 2.05) is 0 Å². The first-order valence-electron chi connectivity index (χ1n) is 8.74. The Morgan fingerprint density at radius 2 is 1.45 bits per heavy atom. The summed E-state index contributed by atoms with van der Waals surface area (Å²) in [7, 11) is 0. The minimum absolute atomic E-state index is 0.181. The van der Waals surface area contributed by atoms with Gasteiger partial charge in [0.1, 0.15) is 0 Å². The van der Waals surface area contributed by atoms with Crippen molar-refractivity contribution in [2.75, 3.05) is 13.1 Å². The predicted octanol–water partition coefficient (Wildman–Crippen LogP) is 4.02. The van der Waals surface area contributed by atoms with Crippen molar-refractivity contribution < 1.29 is 4.79 Å². The summed E-state index contributed by atoms with van der Waals surface area (Å²) in [6, 6.07) is 0.604. The molecule has 0 heterocycles. The van der Waals surface area contributed by atoms with Crippen LogP contribution in [0.2, 0.25) is 0 Å². The molecule has 0 saturated carbocycles. The van der Waals surface area contributed by atoms with Crippen LogP contribution in [0, 0.1) is 0 Å². The lowest BCUT2D eigenvalue weighted by Gasteiger charge is -2.18. The van der Waals surface area contributed by atoms with Crippen LogP contribution < -0.4 is 10.6 Å². The third kappa shape index (κ3) is 12.5. The van der Waals surface area contributed by atoms with Crippen molar-refractivity contribution >= 4 is 5.91 Å². The molecule has 120 valence electrons. The summed E-state index contributed by atoms with van der Waals surface area (Å²) in [5, 5.41) is 6.52. The van der Waals surface area contributed by atoms with Gasteiger partial charge in [0.25, 0.3) is 0 Å². The Labute approximate surface area is 126 Å². The first kappa shape index (κ1) is 19.4. The molecule has 20 heavy (non-hydrogen) atoms. The van der Waals surface area contributed by atoms with Gasteiger partial charge in [0.15, 0.2) is 0 Å². The van der Waals surface area contributed by atoms with Crippen LogP contribution in [0.1, 0.15) is 85.0 Å². The van der Waals surface area contributed by atoms with Gasteiger partial charge in [0, 0.05) is 25.6 Å². The van der Waals surface area contributed by atoms with Crippen molar-refractivity contribution in [3.05, 3.63) is 0 Å². The van der Waals surface area contributed by atoms with Crippen molar-refractivity contribution in [1.82, 2.24) is 10.6 Å². The summed E-state index contributed by atoms with van der Waals surface area (Å²) in [5.74, 6) is 0.181. The number of unbranched alkanes of at least 4 members (excludes halogenated alkanes) is 4. The number of hydrogen-bond acceptors (Lipinski definition) is 2. The monoisotopic (exact) mass is 284 g/mol. The predicted molar refractivity (Wildman–Crippen MR) is 88.0 cm³/mol. The molecule has 0 atom stereocenters. The SMILES string of the molecule is CCCCCC(CCCCC)NCCC(=O)NCCC. The van der Waals surface area contributed by atoms with E-state index in [-0.39, 0.29) is 5.91 Å². The maximum absolute atomic E-state index is 11.6. The zero-order chi connectivity index (χ0) is 15.1. The van der Waals surface area contributed by atoms with Crippen LogP contribution in [-0.2, 0) is 4.79 Å². The van der Waals surface area contributed by atoms with Crippen LogP contribution in [0.4, 0.5) is 0 Å². The molecule has 0 aromatic rings. The standard InChI is InChI=1S/C17H36N2O/c1-4-7-9-11-16(12-10-8-5-2)18-15-13-17(20)19-14-6-3/h16,18H,4-15H2,1-3H3,(H,19,20). The summed E-state index contributed by atoms with van der Waals surface area (Å²) in [6.45, 7) is 8.19. The molecule has 0 unspecified atom stereocenters. The smallest absolute Gasteiger partial charge is 0.221 e. The molecule has 2 N–H and O–H groups in total. The van der Waals surface area contributed by atoms with Crippen molar-refractivity contribution in [2.45, 2.75) is 91.0 Å². The average molecular weight is 284 g/mol. The topological polar surface area (TPSA) is 41.1 Å². The lowest BCUT2D eigenvalue weighted by atomic mass is 10.0. The molecule has 0 aromatic carbocycles. The number of carbonyl (C=O) groups excluding carboxylic acids is 1. The first-order valence-corrected chi connectivity index (χ1v) is 8.74. The Morgan fingerprint density at radius 3 is 1.95 bits per heavy atom. The number of nitrogens with one attached hydrogen (secondary N) is 2. The third-order valence-electron chi connectivity index (χ3n) is 3.67. The molecular formula is C17H36N2O. The Balaban J connectivity index is 3.79. The van der Waals surface area contributed by atoms with E-state index in [1.165, 1.54) is 51.4 Å². The van der Waals surface area contributed by atoms with E-state index < -0.39 is 0 Å². The van der Waals surface area contributed by atoms with Gasteiger partial charge in [0.05, 0.1) is 0 Å². The second kappa shape index (κ2) is 14.8. The van der Waals surface area contributed by atoms with Crippen molar-refractivity contribution in [1.29, 1.82) is 0 Å². The van der Waals surface area contributed by atoms with Gasteiger partial charge >= 0.3 is 0 Å². The molecule has 1 amide bonds. The summed E-state index contributed by atoms with van der Waals surface area (Å²) in [5.41, 5.74) is 0. The van der Waals surface area contributed by atoms with Gasteiger partial charge in [-0.25, -0.2) is 0 Å². The summed E-state index contributed by atoms with van der Waals surface area (Å²) in [6.07, 6.45) is 12.0. The van der Waals surface area contributed by atoms with E-state index in [0.717, 1.165) is 19.5 Å². The number of carbonyl (C=O) groups is 1. The highest BCUT2D eigenvalue weighted by Crippen LogP contribution is 2.11. The molecule has 0 bridgehead atoms. The minimum atomic E-state index is 0.181. The highest BCUT2D eigenvalue weighted by molar-refractivity contribution is 5.75. The van der Waals surface area contributed by atoms with Gasteiger partial charge in [-0.1, -0.05) is 59.3 Å². The highest BCUT2D eigenvalue weighted by Gasteiger charge is 2.08. The molecule has 0 saturated heterocycles. The van der Waals surface area contributed by atoms with Crippen molar-refractivity contribution in [2.24, 2.45) is 0 Å². The van der Waals surface area contributed by atoms with Crippen LogP contribution in [0.15, 0.2) is 0 Å². The molecule has 3 heteroatoms. The number of rotatable bonds is 14. The summed E-state index contributed by atoms with van der Waals surface area (Å²) >= 11 is 0. The molecule has 3 nitrogen and oxygen atoms in total. The van der Waals surface area contributed by atoms with Crippen LogP contribution in [0.3, 0.4) is 0 Å². The number of hydrogen-bond donors (Lipinski definition) is 2. The molecule has 0 aliphatic heterocycles. The Morgan fingerprint density at radius 1 is 0.850 bits per heavy atom. The largest absolute Gasteiger partial charge is 0.356 e. The van der Waals surface area contributed by atoms with E-state index in [2.05, 4.69) is 31.4 Å². The molecule has 0 spiro atoms. The van der Waals surface area contributed by atoms with Gasteiger partial charge < -0.3 is 10.6 Å². The molecule has 0 aliphatic rings. The molecule has 0 rings (SSSR count). The summed E-state index contributed by atoms with van der Waals surface area (Å²) < 4.78 is 0. The van der Waals surface area contributed by atoms with Crippen LogP contribution >= 0.6 is 0 Å². The van der Waals surface area contributed by atoms with Gasteiger partial charge in [-0.2, -0.15) is 0 Å². The van der Waals surface area contributed by atoms with E-state index in [9.17, 15) is 4.79 Å². The zero-order valence-electron chi connectivity index (χ0n) is 14.0. The second-order valence-electron chi connectivity index (χ2n) is 5.74. The maximum Gasteiger partial charge on any atom is 0.221 e. The highest BCUT2D eigenvalue weighted by atomic mass is 16.1. The van der Waals surface area contributed by atoms with Crippen LogP contribution in [0.5, 0.6) is 0 Å². The number of amides is 1. The fourth-order valence-electron chi connectivity index (χ4n) is 2.37. The quantitative estimate of drug-likeness (QED) is 0.473. The van der Waals surface area contributed by atoms with E-state index in [1.54, 1.807) is 0 Å². The zero-order valence-corrected chi connectivity index (χ0v) is 14.0. The Bertz CT molecular complexity index is 209. The molecule has 0 aromatic heterocycles. The molecule has 0 aliphatic carbocycles. The third-order valence-corrected chi connectivity index (χ3v) is 3.67. The van der Waals surface area contributed by atoms with E-state index >= 15 is 0 Å². The first-order chi connectivity index (χ1) is 9.74. The fraction of sp³-hybridized carbons (Fsp3) is 0.941. The fourth-order valence-corrected chi connectivity index (χ4v) is 2.37. The summed E-state index contributed by atoms with van der Waals surface area (Å²) in [4.78, 5) is 11.6. The van der Waals surface area contributed by atoms with Gasteiger partial charge in [-0.15, -0.1) is 0 Å². The van der Waals surface area contributed by atoms with Crippen LogP contribution in [-0.4, -0.2) is 25.0 Å². The Kier molecular flexibility index (Phi) is 14.4. The lowest BCUT2D eigenvalue weighted by Crippen LogP contribution is -2.34. The van der Waals surface area contributed by atoms with Crippen molar-refractivity contribution in [3.63, 3.8) is 0 Å². The maximum atomic E-state index is 11.6. The molecular weight excluding hydrogens is 248 g/mol. The average Bonchev–Trinajstić information content (AvgIpc) is 2.45. The second-order valence-corrected chi connectivity index (χ2v) is 5.74. The minimum Gasteiger partial charge on any atom is -0.356 e. The normalized spacial score (nSPS) is 11.0. The van der Waals surface area contributed by atoms with Crippen molar-refractivity contribution in [3.8, 4) is 0 Å². The van der Waals surface area contributed by atoms with Gasteiger partial charge in [-0.3, -0.25) is 4.79 Å². The molecule has 0 radical (unpaired) electrons. The van der Waals surface area contributed by atoms with Gasteiger partial charge in [-0.05, 0) is 19.3 Å². The van der Waals surface area contributed by atoms with Gasteiger partial charge in [0.2, 0.25) is 5.91 Å². The lowest BCUT2D eigenvalue weighted by molar-refractivity contribution is -0.121. The Hall–Kier alpha value is -0.570. The van der Waals surface area contributed by atoms with E-state index in [4.69, 9.17) is 0 Å².